The minimum Gasteiger partial charge on any atom is -0.507 e. The number of anilines is 1. The molecule has 0 bridgehead atoms. The van der Waals surface area contributed by atoms with Crippen LogP contribution in [0.1, 0.15) is 46.4 Å². The number of benzene rings is 3. The Balaban J connectivity index is 1.94. The Kier molecular flexibility index (Phi) is 8.26. The molecule has 0 radical (unpaired) electrons. The molecule has 9 heteroatoms. The number of amides is 1. The summed E-state index contributed by atoms with van der Waals surface area (Å²) in [5.41, 5.74) is 2.00. The molecule has 0 aromatic heterocycles. The van der Waals surface area contributed by atoms with Crippen LogP contribution in [0.3, 0.4) is 0 Å². The molecular weight excluding hydrogens is 522 g/mol. The number of esters is 1. The van der Waals surface area contributed by atoms with Gasteiger partial charge in [-0.1, -0.05) is 54.4 Å². The number of carbonyl (C=O) groups is 3. The monoisotopic (exact) mass is 549 g/mol. The van der Waals surface area contributed by atoms with Gasteiger partial charge in [-0.05, 0) is 43.2 Å². The van der Waals surface area contributed by atoms with E-state index in [9.17, 15) is 19.5 Å². The first-order valence-corrected chi connectivity index (χ1v) is 12.7. The molecule has 1 N–H and O–H groups in total. The molecule has 1 heterocycles. The van der Waals surface area contributed by atoms with Crippen molar-refractivity contribution in [3.8, 4) is 11.5 Å². The van der Waals surface area contributed by atoms with Gasteiger partial charge in [0, 0.05) is 11.8 Å². The van der Waals surface area contributed by atoms with E-state index in [1.54, 1.807) is 30.3 Å². The van der Waals surface area contributed by atoms with Crippen LogP contribution < -0.4 is 14.4 Å². The van der Waals surface area contributed by atoms with Crippen molar-refractivity contribution in [2.45, 2.75) is 26.3 Å². The second-order valence-electron chi connectivity index (χ2n) is 8.96. The van der Waals surface area contributed by atoms with Gasteiger partial charge in [-0.25, -0.2) is 4.79 Å². The number of ketones is 1. The number of aliphatic hydroxyl groups is 1. The van der Waals surface area contributed by atoms with Gasteiger partial charge in [0.05, 0.1) is 48.6 Å². The number of Topliss-reactive ketones (excluding diaryl/α,β-unsaturated/α-hetero) is 1. The molecule has 0 spiro atoms. The lowest BCUT2D eigenvalue weighted by atomic mass is 9.94. The van der Waals surface area contributed by atoms with Gasteiger partial charge in [0.25, 0.3) is 11.7 Å². The molecule has 8 nitrogen and oxygen atoms in total. The summed E-state index contributed by atoms with van der Waals surface area (Å²) < 4.78 is 16.0. The minimum atomic E-state index is -1.00. The van der Waals surface area contributed by atoms with Crippen molar-refractivity contribution in [3.05, 3.63) is 93.5 Å². The fourth-order valence-corrected chi connectivity index (χ4v) is 4.74. The Morgan fingerprint density at radius 1 is 1.00 bits per heavy atom. The molecular formula is C30H28ClNO7. The van der Waals surface area contributed by atoms with Gasteiger partial charge >= 0.3 is 5.97 Å². The third kappa shape index (κ3) is 5.33. The fourth-order valence-electron chi connectivity index (χ4n) is 4.51. The van der Waals surface area contributed by atoms with Gasteiger partial charge in [-0.3, -0.25) is 14.5 Å². The number of aliphatic hydroxyl groups excluding tert-OH is 1. The number of hydrogen-bond acceptors (Lipinski definition) is 7. The number of nitrogens with zero attached hydrogens (tertiary/aromatic N) is 1. The first kappa shape index (κ1) is 27.7. The van der Waals surface area contributed by atoms with Crippen LogP contribution in [0.4, 0.5) is 5.69 Å². The molecule has 1 unspecified atom stereocenters. The van der Waals surface area contributed by atoms with Crippen LogP contribution in [0.2, 0.25) is 5.02 Å². The maximum absolute atomic E-state index is 13.6. The highest BCUT2D eigenvalue weighted by atomic mass is 35.5. The third-order valence-corrected chi connectivity index (χ3v) is 6.62. The number of ether oxygens (including phenoxy) is 3. The second kappa shape index (κ2) is 11.6. The van der Waals surface area contributed by atoms with Gasteiger partial charge in [0.15, 0.2) is 0 Å². The summed E-state index contributed by atoms with van der Waals surface area (Å²) >= 11 is 6.24. The summed E-state index contributed by atoms with van der Waals surface area (Å²) in [4.78, 5) is 40.9. The number of aryl methyl sites for hydroxylation is 1. The van der Waals surface area contributed by atoms with E-state index >= 15 is 0 Å². The van der Waals surface area contributed by atoms with Gasteiger partial charge in [0.1, 0.15) is 17.3 Å². The molecule has 1 fully saturated rings. The predicted molar refractivity (Wildman–Crippen MR) is 148 cm³/mol. The zero-order chi connectivity index (χ0) is 28.3. The van der Waals surface area contributed by atoms with Gasteiger partial charge < -0.3 is 19.3 Å². The SMILES string of the molecule is CCCOC(=O)c1cccc(N2C(=O)C(=O)/C(=C(/O)c3cc(OC)c(Cl)cc3OC)C2c2cccc(C)c2)c1. The molecule has 1 aliphatic rings. The Bertz CT molecular complexity index is 1480. The largest absolute Gasteiger partial charge is 0.507 e. The maximum Gasteiger partial charge on any atom is 0.338 e. The van der Waals surface area contributed by atoms with Crippen molar-refractivity contribution >= 4 is 40.7 Å². The predicted octanol–water partition coefficient (Wildman–Crippen LogP) is 5.86. The van der Waals surface area contributed by atoms with Crippen LogP contribution >= 0.6 is 11.6 Å². The second-order valence-corrected chi connectivity index (χ2v) is 9.36. The molecule has 1 amide bonds. The lowest BCUT2D eigenvalue weighted by Gasteiger charge is -2.26. The van der Waals surface area contributed by atoms with Crippen LogP contribution in [0, 0.1) is 6.92 Å². The van der Waals surface area contributed by atoms with E-state index in [0.717, 1.165) is 5.56 Å². The normalized spacial score (nSPS) is 16.3. The molecule has 0 saturated carbocycles. The highest BCUT2D eigenvalue weighted by Crippen LogP contribution is 2.45. The van der Waals surface area contributed by atoms with Crippen LogP contribution in [-0.4, -0.2) is 43.6 Å². The van der Waals surface area contributed by atoms with E-state index in [0.29, 0.717) is 17.7 Å². The number of methoxy groups -OCH3 is 2. The quantitative estimate of drug-likeness (QED) is 0.162. The Morgan fingerprint density at radius 2 is 1.72 bits per heavy atom. The average Bonchev–Trinajstić information content (AvgIpc) is 3.21. The molecule has 0 aliphatic carbocycles. The number of halogens is 1. The third-order valence-electron chi connectivity index (χ3n) is 6.33. The van der Waals surface area contributed by atoms with E-state index in [1.807, 2.05) is 26.0 Å². The fraction of sp³-hybridized carbons (Fsp3) is 0.233. The standard InChI is InChI=1S/C30H28ClNO7/c1-5-12-39-30(36)19-10-7-11-20(14-19)32-26(18-9-6-8-17(2)13-18)25(28(34)29(32)35)27(33)21-15-24(38-4)22(31)16-23(21)37-3/h6-11,13-16,26,33H,5,12H2,1-4H3/b27-25+. The first-order valence-electron chi connectivity index (χ1n) is 12.3. The lowest BCUT2D eigenvalue weighted by molar-refractivity contribution is -0.132. The molecule has 4 rings (SSSR count). The van der Waals surface area contributed by atoms with Crippen molar-refractivity contribution in [1.82, 2.24) is 0 Å². The summed E-state index contributed by atoms with van der Waals surface area (Å²) in [6.45, 7) is 4.02. The smallest absolute Gasteiger partial charge is 0.338 e. The Labute approximate surface area is 231 Å². The van der Waals surface area contributed by atoms with Crippen LogP contribution in [-0.2, 0) is 14.3 Å². The topological polar surface area (TPSA) is 102 Å². The summed E-state index contributed by atoms with van der Waals surface area (Å²) in [7, 11) is 2.82. The first-order chi connectivity index (χ1) is 18.7. The molecule has 39 heavy (non-hydrogen) atoms. The highest BCUT2D eigenvalue weighted by Gasteiger charge is 2.47. The van der Waals surface area contributed by atoms with E-state index < -0.39 is 29.5 Å². The molecule has 1 atom stereocenters. The molecule has 1 saturated heterocycles. The summed E-state index contributed by atoms with van der Waals surface area (Å²) in [5, 5.41) is 11.8. The van der Waals surface area contributed by atoms with E-state index in [1.165, 1.54) is 37.3 Å². The van der Waals surface area contributed by atoms with Crippen molar-refractivity contribution in [2.24, 2.45) is 0 Å². The van der Waals surface area contributed by atoms with Crippen LogP contribution in [0.15, 0.2) is 66.2 Å². The lowest BCUT2D eigenvalue weighted by Crippen LogP contribution is -2.29. The zero-order valence-electron chi connectivity index (χ0n) is 22.0. The number of rotatable bonds is 8. The average molecular weight is 550 g/mol. The van der Waals surface area contributed by atoms with Crippen LogP contribution in [0.25, 0.3) is 5.76 Å². The Hall–Kier alpha value is -4.30. The summed E-state index contributed by atoms with van der Waals surface area (Å²) in [6.07, 6.45) is 0.659. The summed E-state index contributed by atoms with van der Waals surface area (Å²) in [6, 6.07) is 15.5. The number of hydrogen-bond donors (Lipinski definition) is 1. The van der Waals surface area contributed by atoms with Crippen molar-refractivity contribution in [2.75, 3.05) is 25.7 Å². The van der Waals surface area contributed by atoms with Gasteiger partial charge in [0.2, 0.25) is 0 Å². The zero-order valence-corrected chi connectivity index (χ0v) is 22.7. The minimum absolute atomic E-state index is 0.131. The summed E-state index contributed by atoms with van der Waals surface area (Å²) in [5.74, 6) is -2.31. The van der Waals surface area contributed by atoms with E-state index in [-0.39, 0.29) is 39.8 Å². The highest BCUT2D eigenvalue weighted by molar-refractivity contribution is 6.51. The van der Waals surface area contributed by atoms with Gasteiger partial charge in [-0.15, -0.1) is 0 Å². The van der Waals surface area contributed by atoms with Crippen molar-refractivity contribution in [3.63, 3.8) is 0 Å². The van der Waals surface area contributed by atoms with E-state index in [2.05, 4.69) is 0 Å². The van der Waals surface area contributed by atoms with Crippen molar-refractivity contribution < 1.29 is 33.7 Å². The van der Waals surface area contributed by atoms with E-state index in [4.69, 9.17) is 25.8 Å². The maximum atomic E-state index is 13.6. The van der Waals surface area contributed by atoms with Gasteiger partial charge in [-0.2, -0.15) is 0 Å². The van der Waals surface area contributed by atoms with Crippen LogP contribution in [0.5, 0.6) is 11.5 Å². The molecule has 3 aromatic carbocycles. The molecule has 3 aromatic rings. The number of carbonyl (C=O) groups excluding carboxylic acids is 3. The molecule has 1 aliphatic heterocycles. The molecule has 202 valence electrons. The van der Waals surface area contributed by atoms with Crippen molar-refractivity contribution in [1.29, 1.82) is 0 Å². The Morgan fingerprint density at radius 3 is 2.38 bits per heavy atom.